The van der Waals surface area contributed by atoms with Gasteiger partial charge < -0.3 is 5.32 Å². The molecule has 0 heterocycles. The number of ketones is 1. The van der Waals surface area contributed by atoms with Crippen LogP contribution in [-0.4, -0.2) is 32.9 Å². The number of hydrogen-bond acceptors (Lipinski definition) is 4. The Morgan fingerprint density at radius 1 is 1.04 bits per heavy atom. The normalized spacial score (nSPS) is 11.0. The van der Waals surface area contributed by atoms with Crippen LogP contribution < -0.4 is 9.62 Å². The second-order valence-electron chi connectivity index (χ2n) is 5.71. The van der Waals surface area contributed by atoms with E-state index < -0.39 is 15.9 Å². The molecule has 1 amide bonds. The van der Waals surface area contributed by atoms with Crippen molar-refractivity contribution in [2.24, 2.45) is 0 Å². The van der Waals surface area contributed by atoms with Gasteiger partial charge in [-0.25, -0.2) is 8.42 Å². The highest BCUT2D eigenvalue weighted by atomic mass is 32.2. The molecule has 0 aromatic heterocycles. The number of benzene rings is 2. The summed E-state index contributed by atoms with van der Waals surface area (Å²) >= 11 is 0. The molecule has 2 aromatic carbocycles. The molecule has 0 spiro atoms. The second-order valence-corrected chi connectivity index (χ2v) is 7.61. The van der Waals surface area contributed by atoms with Crippen molar-refractivity contribution < 1.29 is 18.0 Å². The first-order chi connectivity index (χ1) is 11.7. The van der Waals surface area contributed by atoms with Gasteiger partial charge in [-0.05, 0) is 37.6 Å². The Bertz CT molecular complexity index is 907. The molecule has 0 unspecified atom stereocenters. The standard InChI is InChI=1S/C18H20N2O4S/c1-13-8-4-7-11-17(13)20(25(3,23)24)12-18(22)19-16-10-6-5-9-15(16)14(2)21/h4-11H,12H2,1-3H3,(H,19,22). The molecule has 7 heteroatoms. The number of nitrogens with zero attached hydrogens (tertiary/aromatic N) is 1. The van der Waals surface area contributed by atoms with Crippen LogP contribution in [0.3, 0.4) is 0 Å². The minimum Gasteiger partial charge on any atom is -0.324 e. The third-order valence-electron chi connectivity index (χ3n) is 3.65. The Morgan fingerprint density at radius 2 is 1.64 bits per heavy atom. The van der Waals surface area contributed by atoms with Crippen molar-refractivity contribution in [3.63, 3.8) is 0 Å². The number of aryl methyl sites for hydroxylation is 1. The first kappa shape index (κ1) is 18.7. The second kappa shape index (κ2) is 7.48. The van der Waals surface area contributed by atoms with E-state index in [2.05, 4.69) is 5.32 Å². The molecule has 0 aliphatic rings. The molecule has 0 radical (unpaired) electrons. The predicted octanol–water partition coefficient (Wildman–Crippen LogP) is 2.60. The molecule has 6 nitrogen and oxygen atoms in total. The summed E-state index contributed by atoms with van der Waals surface area (Å²) in [6.07, 6.45) is 1.05. The molecular weight excluding hydrogens is 340 g/mol. The molecule has 1 N–H and O–H groups in total. The van der Waals surface area contributed by atoms with Gasteiger partial charge in [0.1, 0.15) is 6.54 Å². The van der Waals surface area contributed by atoms with Gasteiger partial charge in [0.05, 0.1) is 17.6 Å². The van der Waals surface area contributed by atoms with Crippen LogP contribution in [0, 0.1) is 6.92 Å². The quantitative estimate of drug-likeness (QED) is 0.803. The van der Waals surface area contributed by atoms with Crippen molar-refractivity contribution in [3.8, 4) is 0 Å². The molecule has 0 atom stereocenters. The van der Waals surface area contributed by atoms with Crippen molar-refractivity contribution in [2.45, 2.75) is 13.8 Å². The maximum atomic E-state index is 12.4. The highest BCUT2D eigenvalue weighted by Gasteiger charge is 2.22. The van der Waals surface area contributed by atoms with Gasteiger partial charge in [0, 0.05) is 5.56 Å². The van der Waals surface area contributed by atoms with Crippen molar-refractivity contribution in [2.75, 3.05) is 22.4 Å². The van der Waals surface area contributed by atoms with E-state index in [1.54, 1.807) is 55.5 Å². The van der Waals surface area contributed by atoms with Gasteiger partial charge in [0.2, 0.25) is 15.9 Å². The number of anilines is 2. The van der Waals surface area contributed by atoms with E-state index >= 15 is 0 Å². The fourth-order valence-electron chi connectivity index (χ4n) is 2.44. The van der Waals surface area contributed by atoms with Crippen LogP contribution in [0.1, 0.15) is 22.8 Å². The van der Waals surface area contributed by atoms with Gasteiger partial charge >= 0.3 is 0 Å². The largest absolute Gasteiger partial charge is 0.324 e. The highest BCUT2D eigenvalue weighted by Crippen LogP contribution is 2.22. The van der Waals surface area contributed by atoms with Gasteiger partial charge in [0.25, 0.3) is 0 Å². The number of carbonyl (C=O) groups is 2. The monoisotopic (exact) mass is 360 g/mol. The average molecular weight is 360 g/mol. The zero-order valence-electron chi connectivity index (χ0n) is 14.3. The van der Waals surface area contributed by atoms with Crippen LogP contribution in [0.2, 0.25) is 0 Å². The van der Waals surface area contributed by atoms with Gasteiger partial charge in [-0.3, -0.25) is 13.9 Å². The molecule has 0 fully saturated rings. The number of carbonyl (C=O) groups excluding carboxylic acids is 2. The highest BCUT2D eigenvalue weighted by molar-refractivity contribution is 7.92. The summed E-state index contributed by atoms with van der Waals surface area (Å²) in [7, 11) is -3.65. The molecule has 0 bridgehead atoms. The smallest absolute Gasteiger partial charge is 0.245 e. The third kappa shape index (κ3) is 4.67. The lowest BCUT2D eigenvalue weighted by molar-refractivity contribution is -0.114. The predicted molar refractivity (Wildman–Crippen MR) is 98.4 cm³/mol. The minimum atomic E-state index is -3.65. The van der Waals surface area contributed by atoms with Crippen LogP contribution in [0.25, 0.3) is 0 Å². The van der Waals surface area contributed by atoms with Crippen molar-refractivity contribution in [3.05, 3.63) is 59.7 Å². The average Bonchev–Trinajstić information content (AvgIpc) is 2.53. The molecule has 0 aliphatic carbocycles. The lowest BCUT2D eigenvalue weighted by Gasteiger charge is -2.23. The summed E-state index contributed by atoms with van der Waals surface area (Å²) < 4.78 is 25.3. The number of Topliss-reactive ketones (excluding diaryl/α,β-unsaturated/α-hetero) is 1. The summed E-state index contributed by atoms with van der Waals surface area (Å²) in [5.74, 6) is -0.711. The first-order valence-electron chi connectivity index (χ1n) is 7.63. The molecule has 0 aliphatic heterocycles. The van der Waals surface area contributed by atoms with E-state index in [0.717, 1.165) is 16.1 Å². The Balaban J connectivity index is 2.28. The molecule has 25 heavy (non-hydrogen) atoms. The maximum absolute atomic E-state index is 12.4. The van der Waals surface area contributed by atoms with E-state index in [1.807, 2.05) is 0 Å². The van der Waals surface area contributed by atoms with Gasteiger partial charge in [0.15, 0.2) is 5.78 Å². The fourth-order valence-corrected chi connectivity index (χ4v) is 3.36. The first-order valence-corrected chi connectivity index (χ1v) is 9.48. The Kier molecular flexibility index (Phi) is 5.58. The Hall–Kier alpha value is -2.67. The maximum Gasteiger partial charge on any atom is 0.245 e. The van der Waals surface area contributed by atoms with Crippen molar-refractivity contribution in [1.82, 2.24) is 0 Å². The summed E-state index contributed by atoms with van der Waals surface area (Å²) in [4.78, 5) is 24.0. The third-order valence-corrected chi connectivity index (χ3v) is 4.78. The van der Waals surface area contributed by atoms with Crippen LogP contribution in [0.15, 0.2) is 48.5 Å². The number of hydrogen-bond donors (Lipinski definition) is 1. The lowest BCUT2D eigenvalue weighted by Crippen LogP contribution is -2.38. The molecule has 2 aromatic rings. The lowest BCUT2D eigenvalue weighted by atomic mass is 10.1. The summed E-state index contributed by atoms with van der Waals surface area (Å²) in [5.41, 5.74) is 1.92. The SMILES string of the molecule is CC(=O)c1ccccc1NC(=O)CN(c1ccccc1C)S(C)(=O)=O. The number of sulfonamides is 1. The number of rotatable bonds is 6. The molecule has 132 valence electrons. The molecule has 2 rings (SSSR count). The van der Waals surface area contributed by atoms with Gasteiger partial charge in [-0.15, -0.1) is 0 Å². The van der Waals surface area contributed by atoms with Crippen LogP contribution >= 0.6 is 0 Å². The summed E-state index contributed by atoms with van der Waals surface area (Å²) in [6.45, 7) is 2.80. The zero-order valence-corrected chi connectivity index (χ0v) is 15.1. The number of nitrogens with one attached hydrogen (secondary N) is 1. The van der Waals surface area contributed by atoms with Crippen LogP contribution in [0.4, 0.5) is 11.4 Å². The summed E-state index contributed by atoms with van der Waals surface area (Å²) in [6, 6.07) is 13.5. The molecule has 0 saturated carbocycles. The summed E-state index contributed by atoms with van der Waals surface area (Å²) in [5, 5.41) is 2.62. The molecule has 0 saturated heterocycles. The number of amides is 1. The van der Waals surface area contributed by atoms with E-state index in [1.165, 1.54) is 6.92 Å². The fraction of sp³-hybridized carbons (Fsp3) is 0.222. The van der Waals surface area contributed by atoms with Crippen LogP contribution in [0.5, 0.6) is 0 Å². The Morgan fingerprint density at radius 3 is 2.24 bits per heavy atom. The van der Waals surface area contributed by atoms with Gasteiger partial charge in [-0.2, -0.15) is 0 Å². The zero-order chi connectivity index (χ0) is 18.6. The van der Waals surface area contributed by atoms with E-state index in [4.69, 9.17) is 0 Å². The van der Waals surface area contributed by atoms with Gasteiger partial charge in [-0.1, -0.05) is 30.3 Å². The minimum absolute atomic E-state index is 0.185. The number of para-hydroxylation sites is 2. The van der Waals surface area contributed by atoms with Crippen LogP contribution in [-0.2, 0) is 14.8 Å². The topological polar surface area (TPSA) is 83.6 Å². The molecular formula is C18H20N2O4S. The van der Waals surface area contributed by atoms with Crippen molar-refractivity contribution >= 4 is 33.1 Å². The van der Waals surface area contributed by atoms with Crippen molar-refractivity contribution in [1.29, 1.82) is 0 Å². The Labute approximate surface area is 147 Å². The van der Waals surface area contributed by atoms with E-state index in [9.17, 15) is 18.0 Å². The van der Waals surface area contributed by atoms with E-state index in [0.29, 0.717) is 16.9 Å². The van der Waals surface area contributed by atoms with E-state index in [-0.39, 0.29) is 12.3 Å².